The van der Waals surface area contributed by atoms with Crippen molar-refractivity contribution in [3.8, 4) is 0 Å². The minimum absolute atomic E-state index is 0.102. The first-order chi connectivity index (χ1) is 11.4. The Morgan fingerprint density at radius 2 is 2.00 bits per heavy atom. The summed E-state index contributed by atoms with van der Waals surface area (Å²) in [6.07, 6.45) is 0. The molecule has 1 N–H and O–H groups in total. The van der Waals surface area contributed by atoms with Gasteiger partial charge in [-0.15, -0.1) is 0 Å². The summed E-state index contributed by atoms with van der Waals surface area (Å²) in [7, 11) is 1.49. The summed E-state index contributed by atoms with van der Waals surface area (Å²) in [6.45, 7) is 0.591. The zero-order valence-electron chi connectivity index (χ0n) is 12.8. The maximum absolute atomic E-state index is 13.1. The molecule has 0 aliphatic carbocycles. The van der Waals surface area contributed by atoms with Gasteiger partial charge in [0.15, 0.2) is 5.76 Å². The van der Waals surface area contributed by atoms with Gasteiger partial charge in [-0.2, -0.15) is 0 Å². The predicted octanol–water partition coefficient (Wildman–Crippen LogP) is 3.06. The van der Waals surface area contributed by atoms with Crippen LogP contribution in [0.15, 0.2) is 34.7 Å². The smallest absolute Gasteiger partial charge is 0.371 e. The Labute approximate surface area is 142 Å². The minimum atomic E-state index is -1.26. The quantitative estimate of drug-likeness (QED) is 0.825. The molecule has 2 aromatic rings. The minimum Gasteiger partial charge on any atom is -0.475 e. The van der Waals surface area contributed by atoms with Crippen LogP contribution in [0.2, 0.25) is 5.02 Å². The van der Waals surface area contributed by atoms with Gasteiger partial charge in [0, 0.05) is 25.2 Å². The van der Waals surface area contributed by atoms with E-state index in [0.717, 1.165) is 6.07 Å². The fourth-order valence-corrected chi connectivity index (χ4v) is 2.26. The van der Waals surface area contributed by atoms with Crippen molar-refractivity contribution in [1.82, 2.24) is 4.90 Å². The Hall–Kier alpha value is -2.38. The molecule has 0 atom stereocenters. The molecule has 0 spiro atoms. The predicted molar refractivity (Wildman–Crippen MR) is 83.7 cm³/mol. The van der Waals surface area contributed by atoms with E-state index in [1.54, 1.807) is 0 Å². The lowest BCUT2D eigenvalue weighted by Gasteiger charge is -2.22. The second kappa shape index (κ2) is 7.94. The van der Waals surface area contributed by atoms with Crippen LogP contribution >= 0.6 is 11.6 Å². The SMILES string of the molecule is COCCN(Cc1ccc(F)cc1Cl)C(=O)c1ccc(C(=O)O)o1. The van der Waals surface area contributed by atoms with Crippen molar-refractivity contribution >= 4 is 23.5 Å². The number of benzene rings is 1. The zero-order chi connectivity index (χ0) is 17.7. The van der Waals surface area contributed by atoms with Crippen LogP contribution in [0.4, 0.5) is 4.39 Å². The molecule has 0 aliphatic rings. The molecule has 24 heavy (non-hydrogen) atoms. The van der Waals surface area contributed by atoms with Crippen LogP contribution in [0.3, 0.4) is 0 Å². The molecule has 1 aromatic heterocycles. The summed E-state index contributed by atoms with van der Waals surface area (Å²) < 4.78 is 23.1. The number of furan rings is 1. The maximum Gasteiger partial charge on any atom is 0.371 e. The summed E-state index contributed by atoms with van der Waals surface area (Å²) in [6, 6.07) is 6.38. The number of amides is 1. The zero-order valence-corrected chi connectivity index (χ0v) is 13.5. The molecule has 1 amide bonds. The molecule has 0 aliphatic heterocycles. The topological polar surface area (TPSA) is 80.0 Å². The van der Waals surface area contributed by atoms with E-state index < -0.39 is 17.7 Å². The molecule has 1 aromatic carbocycles. The lowest BCUT2D eigenvalue weighted by atomic mass is 10.2. The lowest BCUT2D eigenvalue weighted by Crippen LogP contribution is -2.33. The monoisotopic (exact) mass is 355 g/mol. The lowest BCUT2D eigenvalue weighted by molar-refractivity contribution is 0.0623. The highest BCUT2D eigenvalue weighted by Crippen LogP contribution is 2.20. The van der Waals surface area contributed by atoms with Crippen molar-refractivity contribution in [2.45, 2.75) is 6.54 Å². The molecule has 0 fully saturated rings. The third kappa shape index (κ3) is 4.33. The molecule has 0 saturated heterocycles. The van der Waals surface area contributed by atoms with Crippen molar-refractivity contribution in [1.29, 1.82) is 0 Å². The van der Waals surface area contributed by atoms with E-state index in [-0.39, 0.29) is 36.2 Å². The standard InChI is InChI=1S/C16H15ClFNO5/c1-23-7-6-19(9-10-2-3-11(18)8-12(10)17)15(20)13-4-5-14(24-13)16(21)22/h2-5,8H,6-7,9H2,1H3,(H,21,22). The number of carboxylic acids is 1. The first-order valence-corrected chi connectivity index (χ1v) is 7.35. The van der Waals surface area contributed by atoms with Crippen molar-refractivity contribution in [3.05, 3.63) is 58.3 Å². The average Bonchev–Trinajstić information content (AvgIpc) is 3.03. The molecule has 1 heterocycles. The summed E-state index contributed by atoms with van der Waals surface area (Å²) in [5.74, 6) is -2.69. The normalized spacial score (nSPS) is 10.6. The molecule has 2 rings (SSSR count). The first-order valence-electron chi connectivity index (χ1n) is 6.97. The summed E-state index contributed by atoms with van der Waals surface area (Å²) in [5.41, 5.74) is 0.549. The highest BCUT2D eigenvalue weighted by molar-refractivity contribution is 6.31. The molecule has 128 valence electrons. The van der Waals surface area contributed by atoms with Crippen LogP contribution in [0.1, 0.15) is 26.7 Å². The third-order valence-electron chi connectivity index (χ3n) is 3.26. The van der Waals surface area contributed by atoms with Gasteiger partial charge in [0.1, 0.15) is 5.82 Å². The van der Waals surface area contributed by atoms with Gasteiger partial charge in [-0.3, -0.25) is 4.79 Å². The summed E-state index contributed by atoms with van der Waals surface area (Å²) in [5, 5.41) is 9.06. The van der Waals surface area contributed by atoms with E-state index in [1.807, 2.05) is 0 Å². The fourth-order valence-electron chi connectivity index (χ4n) is 2.03. The Kier molecular flexibility index (Phi) is 5.94. The van der Waals surface area contributed by atoms with E-state index in [0.29, 0.717) is 5.56 Å². The number of carboxylic acid groups (broad SMARTS) is 1. The van der Waals surface area contributed by atoms with Crippen LogP contribution in [-0.4, -0.2) is 42.1 Å². The average molecular weight is 356 g/mol. The number of hydrogen-bond donors (Lipinski definition) is 1. The molecule has 0 saturated carbocycles. The number of carbonyl (C=O) groups is 2. The first kappa shape index (κ1) is 18.0. The van der Waals surface area contributed by atoms with Gasteiger partial charge in [0.25, 0.3) is 5.91 Å². The molecular weight excluding hydrogens is 341 g/mol. The molecule has 0 bridgehead atoms. The summed E-state index contributed by atoms with van der Waals surface area (Å²) in [4.78, 5) is 24.8. The Morgan fingerprint density at radius 1 is 1.29 bits per heavy atom. The highest BCUT2D eigenvalue weighted by Gasteiger charge is 2.22. The van der Waals surface area contributed by atoms with Gasteiger partial charge in [0.2, 0.25) is 5.76 Å². The number of ether oxygens (including phenoxy) is 1. The number of hydrogen-bond acceptors (Lipinski definition) is 4. The number of halogens is 2. The van der Waals surface area contributed by atoms with E-state index in [9.17, 15) is 14.0 Å². The third-order valence-corrected chi connectivity index (χ3v) is 3.61. The number of aromatic carboxylic acids is 1. The molecular formula is C16H15ClFNO5. The van der Waals surface area contributed by atoms with Gasteiger partial charge in [-0.1, -0.05) is 17.7 Å². The number of methoxy groups -OCH3 is 1. The Balaban J connectivity index is 2.22. The maximum atomic E-state index is 13.1. The van der Waals surface area contributed by atoms with Gasteiger partial charge < -0.3 is 19.2 Å². The highest BCUT2D eigenvalue weighted by atomic mass is 35.5. The molecule has 0 radical (unpaired) electrons. The van der Waals surface area contributed by atoms with Gasteiger partial charge in [0.05, 0.1) is 6.61 Å². The van der Waals surface area contributed by atoms with Crippen LogP contribution in [0, 0.1) is 5.82 Å². The van der Waals surface area contributed by atoms with E-state index in [4.69, 9.17) is 25.9 Å². The van der Waals surface area contributed by atoms with Crippen LogP contribution in [0.5, 0.6) is 0 Å². The number of rotatable bonds is 7. The van der Waals surface area contributed by atoms with Gasteiger partial charge in [-0.05, 0) is 29.8 Å². The van der Waals surface area contributed by atoms with Crippen molar-refractivity contribution in [2.75, 3.05) is 20.3 Å². The van der Waals surface area contributed by atoms with Crippen LogP contribution in [0.25, 0.3) is 0 Å². The second-order valence-corrected chi connectivity index (χ2v) is 5.33. The number of nitrogens with zero attached hydrogens (tertiary/aromatic N) is 1. The Morgan fingerprint density at radius 3 is 2.58 bits per heavy atom. The second-order valence-electron chi connectivity index (χ2n) is 4.92. The molecule has 0 unspecified atom stereocenters. The van der Waals surface area contributed by atoms with Crippen LogP contribution < -0.4 is 0 Å². The fraction of sp³-hybridized carbons (Fsp3) is 0.250. The van der Waals surface area contributed by atoms with Crippen LogP contribution in [-0.2, 0) is 11.3 Å². The molecule has 8 heteroatoms. The summed E-state index contributed by atoms with van der Waals surface area (Å²) >= 11 is 5.99. The van der Waals surface area contributed by atoms with Crippen molar-refractivity contribution in [3.63, 3.8) is 0 Å². The van der Waals surface area contributed by atoms with Crippen molar-refractivity contribution in [2.24, 2.45) is 0 Å². The van der Waals surface area contributed by atoms with E-state index in [2.05, 4.69) is 0 Å². The van der Waals surface area contributed by atoms with Gasteiger partial charge in [-0.25, -0.2) is 9.18 Å². The molecule has 6 nitrogen and oxygen atoms in total. The van der Waals surface area contributed by atoms with E-state index in [1.165, 1.54) is 36.3 Å². The number of carbonyl (C=O) groups excluding carboxylic acids is 1. The van der Waals surface area contributed by atoms with Crippen molar-refractivity contribution < 1.29 is 28.2 Å². The largest absolute Gasteiger partial charge is 0.475 e. The van der Waals surface area contributed by atoms with Gasteiger partial charge >= 0.3 is 5.97 Å². The Bertz CT molecular complexity index is 746. The van der Waals surface area contributed by atoms with E-state index >= 15 is 0 Å².